The second-order valence-electron chi connectivity index (χ2n) is 4.19. The summed E-state index contributed by atoms with van der Waals surface area (Å²) in [6.07, 6.45) is 1.01. The molecule has 1 heterocycles. The predicted molar refractivity (Wildman–Crippen MR) is 65.8 cm³/mol. The average molecular weight is 218 g/mol. The zero-order valence-electron chi connectivity index (χ0n) is 9.92. The van der Waals surface area contributed by atoms with Crippen molar-refractivity contribution < 1.29 is 4.79 Å². The van der Waals surface area contributed by atoms with Crippen LogP contribution in [-0.2, 0) is 11.2 Å². The molecule has 1 fully saturated rings. The molecule has 0 unspecified atom stereocenters. The van der Waals surface area contributed by atoms with Gasteiger partial charge in [0, 0.05) is 18.8 Å². The molecule has 1 aromatic carbocycles. The summed E-state index contributed by atoms with van der Waals surface area (Å²) in [5.74, 6) is 0.164. The van der Waals surface area contributed by atoms with Crippen LogP contribution in [0.1, 0.15) is 18.1 Å². The number of carbonyl (C=O) groups excluding carboxylic acids is 1. The molecule has 0 aromatic heterocycles. The van der Waals surface area contributed by atoms with Gasteiger partial charge < -0.3 is 10.2 Å². The number of nitrogens with one attached hydrogen (secondary N) is 1. The number of rotatable bonds is 2. The molecule has 1 N–H and O–H groups in total. The average Bonchev–Trinajstić information content (AvgIpc) is 2.31. The van der Waals surface area contributed by atoms with Crippen LogP contribution in [0.25, 0.3) is 0 Å². The van der Waals surface area contributed by atoms with Crippen LogP contribution in [0.4, 0.5) is 5.69 Å². The van der Waals surface area contributed by atoms with Gasteiger partial charge in [0.2, 0.25) is 5.91 Å². The van der Waals surface area contributed by atoms with Gasteiger partial charge in [0.1, 0.15) is 0 Å². The molecule has 3 heteroatoms. The van der Waals surface area contributed by atoms with E-state index in [0.717, 1.165) is 25.2 Å². The van der Waals surface area contributed by atoms with E-state index >= 15 is 0 Å². The molecule has 1 aliphatic rings. The van der Waals surface area contributed by atoms with Crippen molar-refractivity contribution in [3.05, 3.63) is 29.3 Å². The summed E-state index contributed by atoms with van der Waals surface area (Å²) in [5.41, 5.74) is 3.66. The Morgan fingerprint density at radius 1 is 1.44 bits per heavy atom. The van der Waals surface area contributed by atoms with Gasteiger partial charge in [0.05, 0.1) is 6.54 Å². The van der Waals surface area contributed by atoms with Crippen molar-refractivity contribution in [3.63, 3.8) is 0 Å². The van der Waals surface area contributed by atoms with Gasteiger partial charge in [-0.05, 0) is 36.6 Å². The molecule has 1 amide bonds. The van der Waals surface area contributed by atoms with Crippen LogP contribution >= 0.6 is 0 Å². The van der Waals surface area contributed by atoms with E-state index in [2.05, 4.69) is 31.3 Å². The lowest BCUT2D eigenvalue weighted by Crippen LogP contribution is -2.48. The minimum atomic E-state index is 0.164. The lowest BCUT2D eigenvalue weighted by atomic mass is 10.0. The third-order valence-corrected chi connectivity index (χ3v) is 3.11. The summed E-state index contributed by atoms with van der Waals surface area (Å²) < 4.78 is 0. The molecular formula is C13H18N2O. The Morgan fingerprint density at radius 2 is 2.25 bits per heavy atom. The molecule has 0 radical (unpaired) electrons. The van der Waals surface area contributed by atoms with Gasteiger partial charge in [-0.15, -0.1) is 0 Å². The van der Waals surface area contributed by atoms with E-state index in [9.17, 15) is 4.79 Å². The first-order valence-corrected chi connectivity index (χ1v) is 5.83. The van der Waals surface area contributed by atoms with Gasteiger partial charge in [-0.3, -0.25) is 4.79 Å². The standard InChI is InChI=1S/C13H18N2O/c1-3-11-8-12(5-4-10(11)2)15-7-6-14-9-13(15)16/h4-5,8,14H,3,6-7,9H2,1-2H3. The fourth-order valence-corrected chi connectivity index (χ4v) is 2.09. The lowest BCUT2D eigenvalue weighted by Gasteiger charge is -2.28. The molecule has 16 heavy (non-hydrogen) atoms. The number of nitrogens with zero attached hydrogens (tertiary/aromatic N) is 1. The molecule has 1 aromatic rings. The first-order chi connectivity index (χ1) is 7.72. The summed E-state index contributed by atoms with van der Waals surface area (Å²) in [7, 11) is 0. The molecule has 86 valence electrons. The Kier molecular flexibility index (Phi) is 3.25. The predicted octanol–water partition coefficient (Wildman–Crippen LogP) is 1.49. The molecule has 3 nitrogen and oxygen atoms in total. The highest BCUT2D eigenvalue weighted by molar-refractivity contribution is 5.95. The van der Waals surface area contributed by atoms with Crippen LogP contribution in [0.15, 0.2) is 18.2 Å². The van der Waals surface area contributed by atoms with Crippen LogP contribution in [-0.4, -0.2) is 25.5 Å². The van der Waals surface area contributed by atoms with E-state index in [1.807, 2.05) is 11.0 Å². The lowest BCUT2D eigenvalue weighted by molar-refractivity contribution is -0.118. The van der Waals surface area contributed by atoms with E-state index in [1.54, 1.807) is 0 Å². The highest BCUT2D eigenvalue weighted by Crippen LogP contribution is 2.20. The maximum absolute atomic E-state index is 11.7. The third kappa shape index (κ3) is 2.09. The molecule has 0 bridgehead atoms. The quantitative estimate of drug-likeness (QED) is 0.815. The zero-order valence-corrected chi connectivity index (χ0v) is 9.92. The summed E-state index contributed by atoms with van der Waals surface area (Å²) in [5, 5.41) is 3.08. The van der Waals surface area contributed by atoms with Crippen LogP contribution in [0.2, 0.25) is 0 Å². The first-order valence-electron chi connectivity index (χ1n) is 5.83. The molecule has 0 atom stereocenters. The van der Waals surface area contributed by atoms with Crippen molar-refractivity contribution in [2.24, 2.45) is 0 Å². The minimum Gasteiger partial charge on any atom is -0.310 e. The van der Waals surface area contributed by atoms with Gasteiger partial charge >= 0.3 is 0 Å². The van der Waals surface area contributed by atoms with Crippen molar-refractivity contribution in [1.29, 1.82) is 0 Å². The van der Waals surface area contributed by atoms with E-state index in [-0.39, 0.29) is 5.91 Å². The van der Waals surface area contributed by atoms with E-state index in [0.29, 0.717) is 6.54 Å². The summed E-state index contributed by atoms with van der Waals surface area (Å²) in [6, 6.07) is 6.28. The summed E-state index contributed by atoms with van der Waals surface area (Å²) >= 11 is 0. The third-order valence-electron chi connectivity index (χ3n) is 3.11. The van der Waals surface area contributed by atoms with Crippen LogP contribution < -0.4 is 10.2 Å². The van der Waals surface area contributed by atoms with E-state index in [4.69, 9.17) is 0 Å². The zero-order chi connectivity index (χ0) is 11.5. The van der Waals surface area contributed by atoms with Crippen molar-refractivity contribution in [2.45, 2.75) is 20.3 Å². The summed E-state index contributed by atoms with van der Waals surface area (Å²) in [6.45, 7) is 6.36. The molecule has 0 spiro atoms. The largest absolute Gasteiger partial charge is 0.310 e. The Bertz CT molecular complexity index is 401. The number of benzene rings is 1. The minimum absolute atomic E-state index is 0.164. The molecule has 0 aliphatic carbocycles. The number of piperazine rings is 1. The van der Waals surface area contributed by atoms with Crippen molar-refractivity contribution in [1.82, 2.24) is 5.32 Å². The van der Waals surface area contributed by atoms with Crippen LogP contribution in [0.3, 0.4) is 0 Å². The molecule has 1 aliphatic heterocycles. The Morgan fingerprint density at radius 3 is 2.94 bits per heavy atom. The molecular weight excluding hydrogens is 200 g/mol. The fraction of sp³-hybridized carbons (Fsp3) is 0.462. The molecule has 2 rings (SSSR count). The van der Waals surface area contributed by atoms with Gasteiger partial charge in [-0.1, -0.05) is 13.0 Å². The van der Waals surface area contributed by atoms with Crippen LogP contribution in [0, 0.1) is 6.92 Å². The Hall–Kier alpha value is -1.35. The Labute approximate surface area is 96.5 Å². The van der Waals surface area contributed by atoms with Gasteiger partial charge in [0.15, 0.2) is 0 Å². The fourth-order valence-electron chi connectivity index (χ4n) is 2.09. The number of amides is 1. The highest BCUT2D eigenvalue weighted by Gasteiger charge is 2.19. The number of aryl methyl sites for hydroxylation is 2. The number of hydrogen-bond donors (Lipinski definition) is 1. The molecule has 0 saturated carbocycles. The number of anilines is 1. The monoisotopic (exact) mass is 218 g/mol. The van der Waals surface area contributed by atoms with Crippen molar-refractivity contribution in [3.8, 4) is 0 Å². The smallest absolute Gasteiger partial charge is 0.240 e. The van der Waals surface area contributed by atoms with Crippen molar-refractivity contribution in [2.75, 3.05) is 24.5 Å². The Balaban J connectivity index is 2.29. The topological polar surface area (TPSA) is 32.3 Å². The maximum atomic E-state index is 11.7. The van der Waals surface area contributed by atoms with Crippen molar-refractivity contribution >= 4 is 11.6 Å². The van der Waals surface area contributed by atoms with Gasteiger partial charge in [0.25, 0.3) is 0 Å². The van der Waals surface area contributed by atoms with E-state index < -0.39 is 0 Å². The second kappa shape index (κ2) is 4.66. The van der Waals surface area contributed by atoms with Gasteiger partial charge in [-0.2, -0.15) is 0 Å². The molecule has 1 saturated heterocycles. The summed E-state index contributed by atoms with van der Waals surface area (Å²) in [4.78, 5) is 13.6. The highest BCUT2D eigenvalue weighted by atomic mass is 16.2. The van der Waals surface area contributed by atoms with Gasteiger partial charge in [-0.25, -0.2) is 0 Å². The normalized spacial score (nSPS) is 16.6. The number of hydrogen-bond acceptors (Lipinski definition) is 2. The first kappa shape index (κ1) is 11.1. The second-order valence-corrected chi connectivity index (χ2v) is 4.19. The SMILES string of the molecule is CCc1cc(N2CCNCC2=O)ccc1C. The number of carbonyl (C=O) groups is 1. The maximum Gasteiger partial charge on any atom is 0.240 e. The van der Waals surface area contributed by atoms with Crippen LogP contribution in [0.5, 0.6) is 0 Å². The van der Waals surface area contributed by atoms with E-state index in [1.165, 1.54) is 11.1 Å².